The van der Waals surface area contributed by atoms with Crippen LogP contribution in [0.5, 0.6) is 0 Å². The minimum Gasteiger partial charge on any atom is -0.320 e. The number of aromatic nitrogens is 4. The Bertz CT molecular complexity index is 1750. The maximum atomic E-state index is 14.5. The Hall–Kier alpha value is -4.02. The van der Waals surface area contributed by atoms with Gasteiger partial charge in [0.05, 0.1) is 30.0 Å². The molecule has 10 nitrogen and oxygen atoms in total. The van der Waals surface area contributed by atoms with Crippen LogP contribution in [0.4, 0.5) is 29.6 Å². The highest BCUT2D eigenvalue weighted by Crippen LogP contribution is 2.52. The number of aryl methyl sites for hydroxylation is 1. The number of rotatable bonds is 8. The molecule has 0 N–H and O–H groups in total. The van der Waals surface area contributed by atoms with E-state index in [4.69, 9.17) is 11.6 Å². The minimum absolute atomic E-state index is 0.0105. The van der Waals surface area contributed by atoms with Crippen LogP contribution in [0.2, 0.25) is 0 Å². The molecule has 2 fully saturated rings. The number of amides is 2. The van der Waals surface area contributed by atoms with Crippen LogP contribution in [0.25, 0.3) is 0 Å². The topological polar surface area (TPSA) is 111 Å². The largest absolute Gasteiger partial charge is 0.416 e. The van der Waals surface area contributed by atoms with Crippen molar-refractivity contribution in [2.45, 2.75) is 70.6 Å². The molecule has 2 amide bonds. The predicted molar refractivity (Wildman–Crippen MR) is 169 cm³/mol. The number of pyridine rings is 1. The summed E-state index contributed by atoms with van der Waals surface area (Å²) in [4.78, 5) is 35.8. The summed E-state index contributed by atoms with van der Waals surface area (Å²) in [6.07, 6.45) is 0.290. The van der Waals surface area contributed by atoms with Gasteiger partial charge < -0.3 is 4.57 Å². The third kappa shape index (κ3) is 6.21. The number of nitriles is 1. The summed E-state index contributed by atoms with van der Waals surface area (Å²) in [5.74, 6) is 1.01. The van der Waals surface area contributed by atoms with Gasteiger partial charge >= 0.3 is 11.5 Å². The van der Waals surface area contributed by atoms with Crippen LogP contribution in [0, 0.1) is 23.2 Å². The zero-order chi connectivity index (χ0) is 33.7. The highest BCUT2D eigenvalue weighted by atomic mass is 35.5. The SMILES string of the molecule is C[C@H]1CCCN(Cc2cc3c(c(C(F)(F)F)c2)CN(c2cc([C@]4(c5nncn5C)C[C@@H](C)C4)cc(N(CCC#N)C(=O)Cl)n2)C3=O)C1. The molecule has 1 atom stereocenters. The molecular weight excluding hydrogens is 633 g/mol. The van der Waals surface area contributed by atoms with E-state index in [1.807, 2.05) is 17.7 Å². The van der Waals surface area contributed by atoms with Crippen LogP contribution in [0.1, 0.15) is 84.4 Å². The van der Waals surface area contributed by atoms with Crippen LogP contribution in [0.15, 0.2) is 30.6 Å². The van der Waals surface area contributed by atoms with E-state index in [-0.39, 0.29) is 42.3 Å². The summed E-state index contributed by atoms with van der Waals surface area (Å²) in [7, 11) is 1.83. The van der Waals surface area contributed by atoms with Crippen LogP contribution in [-0.2, 0) is 31.7 Å². The number of benzene rings is 1. The van der Waals surface area contributed by atoms with Crippen LogP contribution in [0.3, 0.4) is 0 Å². The molecule has 1 saturated heterocycles. The van der Waals surface area contributed by atoms with Gasteiger partial charge in [-0.2, -0.15) is 18.4 Å². The van der Waals surface area contributed by atoms with Gasteiger partial charge in [-0.3, -0.25) is 24.3 Å². The second-order valence-electron chi connectivity index (χ2n) is 13.3. The predicted octanol–water partition coefficient (Wildman–Crippen LogP) is 6.42. The molecule has 6 rings (SSSR count). The second-order valence-corrected chi connectivity index (χ2v) is 13.6. The van der Waals surface area contributed by atoms with Gasteiger partial charge in [-0.15, -0.1) is 10.2 Å². The quantitative estimate of drug-likeness (QED) is 0.201. The Balaban J connectivity index is 1.45. The summed E-state index contributed by atoms with van der Waals surface area (Å²) in [6.45, 7) is 5.70. The minimum atomic E-state index is -4.68. The number of alkyl halides is 3. The molecule has 2 aliphatic heterocycles. The average Bonchev–Trinajstić information content (AvgIpc) is 3.57. The van der Waals surface area contributed by atoms with E-state index in [2.05, 4.69) is 33.9 Å². The molecule has 1 saturated carbocycles. The van der Waals surface area contributed by atoms with Crippen molar-refractivity contribution in [1.29, 1.82) is 5.26 Å². The third-order valence-electron chi connectivity index (χ3n) is 9.65. The van der Waals surface area contributed by atoms with Gasteiger partial charge in [0, 0.05) is 32.2 Å². The van der Waals surface area contributed by atoms with Gasteiger partial charge in [0.2, 0.25) is 0 Å². The molecule has 0 unspecified atom stereocenters. The molecule has 1 aliphatic carbocycles. The standard InChI is InChI=1S/C33H36ClF3N8O2/c1-20-6-4-8-43(16-20)17-22-10-24-25(26(11-22)33(35,36)37)18-45(29(24)46)28-13-23(12-27(40-28)44(31(34)47)9-5-7-38)32(14-21(2)15-32)30-41-39-19-42(30)3/h10-13,19-21H,4-6,8-9,14-18H2,1-3H3/t20-,21-,32+/m0/s1. The number of fused-ring (bicyclic) bond motifs is 1. The van der Waals surface area contributed by atoms with Gasteiger partial charge in [0.1, 0.15) is 23.8 Å². The number of piperidine rings is 1. The summed E-state index contributed by atoms with van der Waals surface area (Å²) in [5, 5.41) is 16.8. The van der Waals surface area contributed by atoms with Gasteiger partial charge in [-0.1, -0.05) is 13.8 Å². The Labute approximate surface area is 276 Å². The lowest BCUT2D eigenvalue weighted by Gasteiger charge is -2.46. The number of carbonyl (C=O) groups excluding carboxylic acids is 2. The van der Waals surface area contributed by atoms with Crippen molar-refractivity contribution in [3.8, 4) is 6.07 Å². The molecule has 3 aliphatic rings. The van der Waals surface area contributed by atoms with E-state index >= 15 is 0 Å². The normalized spacial score (nSPS) is 22.9. The van der Waals surface area contributed by atoms with E-state index in [1.54, 1.807) is 24.5 Å². The van der Waals surface area contributed by atoms with Crippen molar-refractivity contribution in [3.63, 3.8) is 0 Å². The summed E-state index contributed by atoms with van der Waals surface area (Å²) in [6, 6.07) is 8.12. The third-order valence-corrected chi connectivity index (χ3v) is 9.85. The monoisotopic (exact) mass is 668 g/mol. The first-order chi connectivity index (χ1) is 22.3. The smallest absolute Gasteiger partial charge is 0.320 e. The van der Waals surface area contributed by atoms with Crippen molar-refractivity contribution in [2.24, 2.45) is 18.9 Å². The van der Waals surface area contributed by atoms with Gasteiger partial charge in [-0.25, -0.2) is 4.98 Å². The summed E-state index contributed by atoms with van der Waals surface area (Å²) < 4.78 is 45.4. The zero-order valence-corrected chi connectivity index (χ0v) is 27.3. The van der Waals surface area contributed by atoms with Crippen molar-refractivity contribution in [3.05, 3.63) is 64.2 Å². The zero-order valence-electron chi connectivity index (χ0n) is 26.5. The molecule has 2 aromatic heterocycles. The number of carbonyl (C=O) groups is 2. The van der Waals surface area contributed by atoms with Crippen LogP contribution in [-0.4, -0.2) is 55.6 Å². The Morgan fingerprint density at radius 1 is 1.19 bits per heavy atom. The molecule has 0 spiro atoms. The van der Waals surface area contributed by atoms with E-state index in [0.717, 1.165) is 30.8 Å². The van der Waals surface area contributed by atoms with Crippen LogP contribution < -0.4 is 9.80 Å². The number of anilines is 2. The molecule has 14 heteroatoms. The fraction of sp³-hybridized carbons (Fsp3) is 0.515. The fourth-order valence-electron chi connectivity index (χ4n) is 7.59. The number of nitrogens with zero attached hydrogens (tertiary/aromatic N) is 8. The van der Waals surface area contributed by atoms with Crippen molar-refractivity contribution < 1.29 is 22.8 Å². The second kappa shape index (κ2) is 12.5. The number of halogens is 4. The lowest BCUT2D eigenvalue weighted by molar-refractivity contribution is -0.138. The van der Waals surface area contributed by atoms with Gasteiger partial charge in [0.25, 0.3) is 5.91 Å². The van der Waals surface area contributed by atoms with Crippen LogP contribution >= 0.6 is 11.6 Å². The van der Waals surface area contributed by atoms with E-state index in [0.29, 0.717) is 48.2 Å². The Kier molecular flexibility index (Phi) is 8.78. The molecule has 47 heavy (non-hydrogen) atoms. The van der Waals surface area contributed by atoms with Crippen molar-refractivity contribution in [1.82, 2.24) is 24.6 Å². The lowest BCUT2D eigenvalue weighted by Crippen LogP contribution is -2.43. The van der Waals surface area contributed by atoms with E-state index < -0.39 is 28.4 Å². The Morgan fingerprint density at radius 3 is 2.57 bits per heavy atom. The molecule has 0 bridgehead atoms. The van der Waals surface area contributed by atoms with Gasteiger partial charge in [0.15, 0.2) is 0 Å². The summed E-state index contributed by atoms with van der Waals surface area (Å²) in [5.41, 5.74) is -0.504. The lowest BCUT2D eigenvalue weighted by atomic mass is 9.58. The summed E-state index contributed by atoms with van der Waals surface area (Å²) >= 11 is 5.97. The molecular formula is C33H36ClF3N8O2. The molecule has 3 aromatic rings. The number of hydrogen-bond acceptors (Lipinski definition) is 7. The molecule has 0 radical (unpaired) electrons. The fourth-order valence-corrected chi connectivity index (χ4v) is 7.76. The Morgan fingerprint density at radius 2 is 1.96 bits per heavy atom. The number of hydrogen-bond donors (Lipinski definition) is 0. The molecule has 248 valence electrons. The maximum Gasteiger partial charge on any atom is 0.416 e. The van der Waals surface area contributed by atoms with Crippen molar-refractivity contribution in [2.75, 3.05) is 29.4 Å². The number of likely N-dealkylation sites (tertiary alicyclic amines) is 1. The average molecular weight is 669 g/mol. The first kappa shape index (κ1) is 32.9. The van der Waals surface area contributed by atoms with E-state index in [1.165, 1.54) is 11.0 Å². The van der Waals surface area contributed by atoms with Crippen molar-refractivity contribution >= 4 is 34.5 Å². The maximum absolute atomic E-state index is 14.5. The highest BCUT2D eigenvalue weighted by molar-refractivity contribution is 6.66. The van der Waals surface area contributed by atoms with Gasteiger partial charge in [-0.05, 0) is 96.6 Å². The first-order valence-corrected chi connectivity index (χ1v) is 16.2. The molecule has 4 heterocycles. The molecule has 1 aromatic carbocycles. The van der Waals surface area contributed by atoms with E-state index in [9.17, 15) is 28.0 Å². The highest BCUT2D eigenvalue weighted by Gasteiger charge is 2.49. The first-order valence-electron chi connectivity index (χ1n) is 15.8.